The molecule has 110 valence electrons. The monoisotopic (exact) mass is 272 g/mol. The predicted molar refractivity (Wildman–Crippen MR) is 86.2 cm³/mol. The molecular formula is C18H28N2. The van der Waals surface area contributed by atoms with Gasteiger partial charge in [0.05, 0.1) is 0 Å². The number of hydrogen-bond acceptors (Lipinski definition) is 2. The van der Waals surface area contributed by atoms with Gasteiger partial charge < -0.3 is 10.6 Å². The van der Waals surface area contributed by atoms with E-state index in [0.717, 1.165) is 13.1 Å². The molecular weight excluding hydrogens is 244 g/mol. The molecule has 2 nitrogen and oxygen atoms in total. The van der Waals surface area contributed by atoms with Gasteiger partial charge in [0, 0.05) is 25.3 Å². The Kier molecular flexibility index (Phi) is 4.30. The van der Waals surface area contributed by atoms with E-state index in [4.69, 9.17) is 0 Å². The molecule has 1 heterocycles. The second-order valence-electron chi connectivity index (χ2n) is 6.64. The maximum absolute atomic E-state index is 3.76. The van der Waals surface area contributed by atoms with Gasteiger partial charge in [-0.3, -0.25) is 0 Å². The van der Waals surface area contributed by atoms with Crippen LogP contribution in [-0.4, -0.2) is 13.1 Å². The van der Waals surface area contributed by atoms with Crippen molar-refractivity contribution in [3.63, 3.8) is 0 Å². The molecule has 1 aromatic carbocycles. The zero-order valence-corrected chi connectivity index (χ0v) is 12.8. The minimum absolute atomic E-state index is 0.590. The van der Waals surface area contributed by atoms with Gasteiger partial charge in [-0.25, -0.2) is 0 Å². The number of benzene rings is 1. The van der Waals surface area contributed by atoms with E-state index in [0.29, 0.717) is 5.41 Å². The Morgan fingerprint density at radius 2 is 2.05 bits per heavy atom. The molecule has 0 spiro atoms. The van der Waals surface area contributed by atoms with Crippen molar-refractivity contribution >= 4 is 5.69 Å². The van der Waals surface area contributed by atoms with E-state index >= 15 is 0 Å². The summed E-state index contributed by atoms with van der Waals surface area (Å²) in [6.45, 7) is 5.72. The van der Waals surface area contributed by atoms with Crippen LogP contribution in [0.3, 0.4) is 0 Å². The van der Waals surface area contributed by atoms with Crippen LogP contribution in [0.15, 0.2) is 18.2 Å². The van der Waals surface area contributed by atoms with Crippen molar-refractivity contribution in [3.8, 4) is 0 Å². The second kappa shape index (κ2) is 6.17. The van der Waals surface area contributed by atoms with Crippen molar-refractivity contribution in [3.05, 3.63) is 29.3 Å². The molecule has 1 aliphatic carbocycles. The summed E-state index contributed by atoms with van der Waals surface area (Å²) in [5, 5.41) is 7.28. The summed E-state index contributed by atoms with van der Waals surface area (Å²) in [7, 11) is 0. The second-order valence-corrected chi connectivity index (χ2v) is 6.64. The Morgan fingerprint density at radius 1 is 1.20 bits per heavy atom. The summed E-state index contributed by atoms with van der Waals surface area (Å²) >= 11 is 0. The van der Waals surface area contributed by atoms with Gasteiger partial charge in [0.25, 0.3) is 0 Å². The molecule has 0 bridgehead atoms. The fraction of sp³-hybridized carbons (Fsp3) is 0.667. The molecule has 0 unspecified atom stereocenters. The first-order valence-corrected chi connectivity index (χ1v) is 8.38. The van der Waals surface area contributed by atoms with Gasteiger partial charge >= 0.3 is 0 Å². The minimum Gasteiger partial charge on any atom is -0.385 e. The average molecular weight is 272 g/mol. The zero-order valence-electron chi connectivity index (χ0n) is 12.8. The Bertz CT molecular complexity index is 447. The lowest BCUT2D eigenvalue weighted by Crippen LogP contribution is -2.31. The van der Waals surface area contributed by atoms with Crippen LogP contribution in [0.5, 0.6) is 0 Å². The first-order valence-electron chi connectivity index (χ1n) is 8.38. The highest BCUT2D eigenvalue weighted by atomic mass is 14.9. The Hall–Kier alpha value is -1.02. The molecule has 0 radical (unpaired) electrons. The molecule has 0 aromatic heterocycles. The highest BCUT2D eigenvalue weighted by Gasteiger charge is 2.31. The standard InChI is InChI=1S/C18H28N2/c1-2-18(10-3-4-11-18)14-19-13-15-7-5-9-17-16(15)8-6-12-20-17/h5,7,9,19-20H,2-4,6,8,10-14H2,1H3. The van der Waals surface area contributed by atoms with Crippen molar-refractivity contribution in [2.24, 2.45) is 5.41 Å². The molecule has 1 aromatic rings. The quantitative estimate of drug-likeness (QED) is 0.843. The Labute approximate surface area is 123 Å². The van der Waals surface area contributed by atoms with E-state index < -0.39 is 0 Å². The SMILES string of the molecule is CCC1(CNCc2cccc3c2CCCN3)CCCC1. The highest BCUT2D eigenvalue weighted by molar-refractivity contribution is 5.56. The third-order valence-corrected chi connectivity index (χ3v) is 5.42. The van der Waals surface area contributed by atoms with Crippen molar-refractivity contribution in [2.75, 3.05) is 18.4 Å². The third kappa shape index (κ3) is 2.85. The number of nitrogens with one attached hydrogen (secondary N) is 2. The Morgan fingerprint density at radius 3 is 2.85 bits per heavy atom. The smallest absolute Gasteiger partial charge is 0.0375 e. The summed E-state index contributed by atoms with van der Waals surface area (Å²) in [5.74, 6) is 0. The summed E-state index contributed by atoms with van der Waals surface area (Å²) in [5.41, 5.74) is 5.00. The maximum Gasteiger partial charge on any atom is 0.0375 e. The molecule has 20 heavy (non-hydrogen) atoms. The van der Waals surface area contributed by atoms with Gasteiger partial charge in [0.2, 0.25) is 0 Å². The lowest BCUT2D eigenvalue weighted by Gasteiger charge is -2.28. The first-order chi connectivity index (χ1) is 9.83. The summed E-state index contributed by atoms with van der Waals surface area (Å²) < 4.78 is 0. The van der Waals surface area contributed by atoms with Crippen LogP contribution in [0, 0.1) is 5.41 Å². The minimum atomic E-state index is 0.590. The van der Waals surface area contributed by atoms with Crippen LogP contribution in [-0.2, 0) is 13.0 Å². The first kappa shape index (κ1) is 13.9. The van der Waals surface area contributed by atoms with Gasteiger partial charge in [0.15, 0.2) is 0 Å². The van der Waals surface area contributed by atoms with E-state index in [1.165, 1.54) is 62.7 Å². The molecule has 3 rings (SSSR count). The number of fused-ring (bicyclic) bond motifs is 1. The molecule has 1 saturated carbocycles. The van der Waals surface area contributed by atoms with Gasteiger partial charge in [0.1, 0.15) is 0 Å². The molecule has 2 heteroatoms. The number of anilines is 1. The number of rotatable bonds is 5. The van der Waals surface area contributed by atoms with Crippen LogP contribution in [0.25, 0.3) is 0 Å². The molecule has 1 aliphatic heterocycles. The van der Waals surface area contributed by atoms with Gasteiger partial charge in [-0.05, 0) is 54.7 Å². The van der Waals surface area contributed by atoms with Gasteiger partial charge in [-0.2, -0.15) is 0 Å². The summed E-state index contributed by atoms with van der Waals surface area (Å²) in [6, 6.07) is 6.72. The molecule has 1 fully saturated rings. The molecule has 2 N–H and O–H groups in total. The van der Waals surface area contributed by atoms with Crippen molar-refractivity contribution in [1.82, 2.24) is 5.32 Å². The van der Waals surface area contributed by atoms with Crippen molar-refractivity contribution in [1.29, 1.82) is 0 Å². The van der Waals surface area contributed by atoms with Crippen LogP contribution in [0.1, 0.15) is 56.6 Å². The van der Waals surface area contributed by atoms with E-state index in [-0.39, 0.29) is 0 Å². The van der Waals surface area contributed by atoms with Crippen LogP contribution in [0.2, 0.25) is 0 Å². The highest BCUT2D eigenvalue weighted by Crippen LogP contribution is 2.40. The molecule has 0 atom stereocenters. The molecule has 0 saturated heterocycles. The van der Waals surface area contributed by atoms with Crippen LogP contribution >= 0.6 is 0 Å². The normalized spacial score (nSPS) is 20.4. The lowest BCUT2D eigenvalue weighted by atomic mass is 9.83. The van der Waals surface area contributed by atoms with Gasteiger partial charge in [-0.15, -0.1) is 0 Å². The number of hydrogen-bond donors (Lipinski definition) is 2. The maximum atomic E-state index is 3.76. The fourth-order valence-electron chi connectivity index (χ4n) is 3.99. The van der Waals surface area contributed by atoms with E-state index in [9.17, 15) is 0 Å². The van der Waals surface area contributed by atoms with Crippen molar-refractivity contribution < 1.29 is 0 Å². The third-order valence-electron chi connectivity index (χ3n) is 5.42. The fourth-order valence-corrected chi connectivity index (χ4v) is 3.99. The van der Waals surface area contributed by atoms with E-state index in [1.807, 2.05) is 0 Å². The zero-order chi connectivity index (χ0) is 13.8. The largest absolute Gasteiger partial charge is 0.385 e. The van der Waals surface area contributed by atoms with Crippen LogP contribution < -0.4 is 10.6 Å². The van der Waals surface area contributed by atoms with Crippen LogP contribution in [0.4, 0.5) is 5.69 Å². The topological polar surface area (TPSA) is 24.1 Å². The summed E-state index contributed by atoms with van der Waals surface area (Å²) in [4.78, 5) is 0. The summed E-state index contributed by atoms with van der Waals surface area (Å²) in [6.07, 6.45) is 9.53. The van der Waals surface area contributed by atoms with E-state index in [2.05, 4.69) is 35.8 Å². The predicted octanol–water partition coefficient (Wildman–Crippen LogP) is 4.10. The Balaban J connectivity index is 1.61. The van der Waals surface area contributed by atoms with E-state index in [1.54, 1.807) is 5.56 Å². The lowest BCUT2D eigenvalue weighted by molar-refractivity contribution is 0.268. The van der Waals surface area contributed by atoms with Crippen molar-refractivity contribution in [2.45, 2.75) is 58.4 Å². The van der Waals surface area contributed by atoms with Gasteiger partial charge in [-0.1, -0.05) is 31.9 Å². The molecule has 0 amide bonds. The molecule has 2 aliphatic rings. The average Bonchev–Trinajstić information content (AvgIpc) is 2.97.